The van der Waals surface area contributed by atoms with E-state index in [0.717, 1.165) is 6.07 Å². The molecule has 1 N–H and O–H groups in total. The summed E-state index contributed by atoms with van der Waals surface area (Å²) >= 11 is 5.74. The summed E-state index contributed by atoms with van der Waals surface area (Å²) < 4.78 is 12.7. The van der Waals surface area contributed by atoms with E-state index in [1.165, 1.54) is 12.1 Å². The number of hydrogen-bond acceptors (Lipinski definition) is 2. The van der Waals surface area contributed by atoms with Crippen molar-refractivity contribution >= 4 is 17.5 Å². The molecule has 0 saturated heterocycles. The van der Waals surface area contributed by atoms with Crippen LogP contribution in [0.1, 0.15) is 5.56 Å². The monoisotopic (exact) mass is 242 g/mol. The first-order chi connectivity index (χ1) is 7.63. The van der Waals surface area contributed by atoms with Crippen LogP contribution >= 0.6 is 11.6 Å². The molecule has 0 radical (unpaired) electrons. The summed E-state index contributed by atoms with van der Waals surface area (Å²) in [6, 6.07) is 3.89. The predicted octanol–water partition coefficient (Wildman–Crippen LogP) is 2.41. The Morgan fingerprint density at radius 2 is 2.38 bits per heavy atom. The number of amides is 1. The van der Waals surface area contributed by atoms with Gasteiger partial charge in [-0.1, -0.05) is 22.8 Å². The number of azide groups is 1. The number of halogens is 2. The summed E-state index contributed by atoms with van der Waals surface area (Å²) in [6.07, 6.45) is 0. The molecule has 0 aromatic heterocycles. The molecule has 84 valence electrons. The maximum atomic E-state index is 12.7. The van der Waals surface area contributed by atoms with E-state index >= 15 is 0 Å². The number of nitrogens with one attached hydrogen (secondary N) is 1. The van der Waals surface area contributed by atoms with Gasteiger partial charge in [0.05, 0.1) is 0 Å². The fourth-order valence-corrected chi connectivity index (χ4v) is 1.24. The van der Waals surface area contributed by atoms with Crippen molar-refractivity contribution in [1.29, 1.82) is 0 Å². The number of carbonyl (C=O) groups is 1. The zero-order valence-corrected chi connectivity index (χ0v) is 8.91. The summed E-state index contributed by atoms with van der Waals surface area (Å²) in [5.74, 6) is -0.854. The van der Waals surface area contributed by atoms with Crippen molar-refractivity contribution in [2.75, 3.05) is 6.54 Å². The zero-order chi connectivity index (χ0) is 12.0. The van der Waals surface area contributed by atoms with E-state index in [2.05, 4.69) is 15.3 Å². The third-order valence-corrected chi connectivity index (χ3v) is 2.12. The minimum atomic E-state index is -0.436. The molecule has 0 unspecified atom stereocenters. The van der Waals surface area contributed by atoms with Crippen molar-refractivity contribution in [3.05, 3.63) is 45.0 Å². The van der Waals surface area contributed by atoms with Crippen molar-refractivity contribution in [3.63, 3.8) is 0 Å². The fraction of sp³-hybridized carbons (Fsp3) is 0.222. The third-order valence-electron chi connectivity index (χ3n) is 1.77. The highest BCUT2D eigenvalue weighted by atomic mass is 35.5. The molecular weight excluding hydrogens is 235 g/mol. The van der Waals surface area contributed by atoms with E-state index in [-0.39, 0.29) is 18.1 Å². The third kappa shape index (κ3) is 3.76. The van der Waals surface area contributed by atoms with Crippen LogP contribution in [0.2, 0.25) is 5.02 Å². The molecule has 16 heavy (non-hydrogen) atoms. The number of rotatable bonds is 4. The maximum absolute atomic E-state index is 12.7. The van der Waals surface area contributed by atoms with Gasteiger partial charge in [0.1, 0.15) is 12.4 Å². The molecule has 0 spiro atoms. The lowest BCUT2D eigenvalue weighted by atomic mass is 10.2. The van der Waals surface area contributed by atoms with Crippen LogP contribution in [0.3, 0.4) is 0 Å². The molecule has 1 aromatic rings. The maximum Gasteiger partial charge on any atom is 0.226 e. The van der Waals surface area contributed by atoms with Gasteiger partial charge in [-0.15, -0.1) is 0 Å². The van der Waals surface area contributed by atoms with Crippen LogP contribution in [-0.4, -0.2) is 12.5 Å². The summed E-state index contributed by atoms with van der Waals surface area (Å²) in [4.78, 5) is 13.5. The highest BCUT2D eigenvalue weighted by molar-refractivity contribution is 6.31. The Morgan fingerprint density at radius 1 is 1.62 bits per heavy atom. The lowest BCUT2D eigenvalue weighted by Crippen LogP contribution is -2.24. The van der Waals surface area contributed by atoms with Gasteiger partial charge in [-0.25, -0.2) is 4.39 Å². The Kier molecular flexibility index (Phi) is 4.57. The molecule has 0 atom stereocenters. The minimum absolute atomic E-state index is 0.166. The van der Waals surface area contributed by atoms with Crippen LogP contribution in [0.25, 0.3) is 10.4 Å². The highest BCUT2D eigenvalue weighted by Gasteiger charge is 2.04. The van der Waals surface area contributed by atoms with Crippen LogP contribution < -0.4 is 5.32 Å². The van der Waals surface area contributed by atoms with Gasteiger partial charge in [-0.2, -0.15) is 0 Å². The van der Waals surface area contributed by atoms with E-state index < -0.39 is 11.7 Å². The van der Waals surface area contributed by atoms with E-state index in [1.807, 2.05) is 0 Å². The number of carbonyl (C=O) groups excluding carboxylic acids is 1. The van der Waals surface area contributed by atoms with Crippen molar-refractivity contribution in [1.82, 2.24) is 5.32 Å². The Labute approximate surface area is 95.8 Å². The molecule has 1 aromatic carbocycles. The average molecular weight is 243 g/mol. The quantitative estimate of drug-likeness (QED) is 0.491. The normalized spacial score (nSPS) is 9.38. The molecule has 0 aliphatic carbocycles. The molecule has 0 fully saturated rings. The lowest BCUT2D eigenvalue weighted by Gasteiger charge is -2.05. The second kappa shape index (κ2) is 5.95. The second-order valence-corrected chi connectivity index (χ2v) is 3.31. The second-order valence-electron chi connectivity index (χ2n) is 2.90. The Bertz CT molecular complexity index is 445. The number of hydrogen-bond donors (Lipinski definition) is 1. The first kappa shape index (κ1) is 12.3. The molecule has 1 amide bonds. The first-order valence-electron chi connectivity index (χ1n) is 4.35. The molecule has 7 heteroatoms. The largest absolute Gasteiger partial charge is 0.352 e. The number of nitrogens with zero attached hydrogens (tertiary/aromatic N) is 3. The average Bonchev–Trinajstić information content (AvgIpc) is 2.25. The van der Waals surface area contributed by atoms with Crippen molar-refractivity contribution in [3.8, 4) is 0 Å². The van der Waals surface area contributed by atoms with Crippen LogP contribution in [-0.2, 0) is 11.3 Å². The molecule has 5 nitrogen and oxygen atoms in total. The highest BCUT2D eigenvalue weighted by Crippen LogP contribution is 2.16. The molecule has 0 saturated carbocycles. The van der Waals surface area contributed by atoms with Crippen LogP contribution in [0.4, 0.5) is 4.39 Å². The summed E-state index contributed by atoms with van der Waals surface area (Å²) in [5, 5.41) is 5.82. The van der Waals surface area contributed by atoms with Gasteiger partial charge in [-0.05, 0) is 23.2 Å². The molecule has 0 aliphatic heterocycles. The number of benzene rings is 1. The minimum Gasteiger partial charge on any atom is -0.352 e. The molecule has 1 rings (SSSR count). The Balaban J connectivity index is 2.54. The van der Waals surface area contributed by atoms with Crippen molar-refractivity contribution in [2.45, 2.75) is 6.54 Å². The SMILES string of the molecule is [N-]=[N+]=NCC(=O)NCc1ccc(F)cc1Cl. The van der Waals surface area contributed by atoms with E-state index in [1.54, 1.807) is 0 Å². The van der Waals surface area contributed by atoms with Crippen molar-refractivity contribution < 1.29 is 9.18 Å². The van der Waals surface area contributed by atoms with E-state index in [0.29, 0.717) is 5.56 Å². The first-order valence-corrected chi connectivity index (χ1v) is 4.72. The summed E-state index contributed by atoms with van der Waals surface area (Å²) in [5.41, 5.74) is 8.59. The fourth-order valence-electron chi connectivity index (χ4n) is 1.01. The standard InChI is InChI=1S/C9H8ClFN4O/c10-8-3-7(11)2-1-6(8)4-13-9(16)5-14-15-12/h1-3H,4-5H2,(H,13,16). The van der Waals surface area contributed by atoms with E-state index in [4.69, 9.17) is 17.1 Å². The summed E-state index contributed by atoms with van der Waals surface area (Å²) in [6.45, 7) is -0.103. The van der Waals surface area contributed by atoms with Crippen molar-refractivity contribution in [2.24, 2.45) is 5.11 Å². The molecular formula is C9H8ClFN4O. The topological polar surface area (TPSA) is 77.9 Å². The predicted molar refractivity (Wildman–Crippen MR) is 57.3 cm³/mol. The molecule has 0 aliphatic rings. The Morgan fingerprint density at radius 3 is 3.00 bits per heavy atom. The smallest absolute Gasteiger partial charge is 0.226 e. The van der Waals surface area contributed by atoms with Crippen LogP contribution in [0.5, 0.6) is 0 Å². The lowest BCUT2D eigenvalue weighted by molar-refractivity contribution is -0.119. The van der Waals surface area contributed by atoms with Gasteiger partial charge >= 0.3 is 0 Å². The van der Waals surface area contributed by atoms with Gasteiger partial charge in [0.15, 0.2) is 0 Å². The van der Waals surface area contributed by atoms with Gasteiger partial charge in [0.2, 0.25) is 5.91 Å². The molecule has 0 heterocycles. The van der Waals surface area contributed by atoms with Gasteiger partial charge in [0, 0.05) is 16.5 Å². The summed E-state index contributed by atoms with van der Waals surface area (Å²) in [7, 11) is 0. The zero-order valence-electron chi connectivity index (χ0n) is 8.15. The van der Waals surface area contributed by atoms with Crippen LogP contribution in [0.15, 0.2) is 23.3 Å². The van der Waals surface area contributed by atoms with Gasteiger partial charge in [0.25, 0.3) is 0 Å². The van der Waals surface area contributed by atoms with Crippen LogP contribution in [0, 0.1) is 5.82 Å². The Hall–Kier alpha value is -1.78. The van der Waals surface area contributed by atoms with E-state index in [9.17, 15) is 9.18 Å². The van der Waals surface area contributed by atoms with Gasteiger partial charge in [-0.3, -0.25) is 4.79 Å². The van der Waals surface area contributed by atoms with Gasteiger partial charge < -0.3 is 5.32 Å². The molecule has 0 bridgehead atoms.